The molecule has 1 aromatic rings. The first-order valence-electron chi connectivity index (χ1n) is 14.8. The van der Waals surface area contributed by atoms with Crippen LogP contribution in [0.4, 0.5) is 0 Å². The Morgan fingerprint density at radius 3 is 2.35 bits per heavy atom. The van der Waals surface area contributed by atoms with Crippen LogP contribution in [0.1, 0.15) is 50.6 Å². The molecule has 5 amide bonds. The molecule has 19 nitrogen and oxygen atoms in total. The molecule has 0 saturated carbocycles. The summed E-state index contributed by atoms with van der Waals surface area (Å²) in [7, 11) is 0. The number of hydrogen-bond acceptors (Lipinski definition) is 11. The number of carbonyl (C=O) groups excluding carboxylic acids is 5. The number of nitrogens with zero attached hydrogens (tertiary/aromatic N) is 2. The van der Waals surface area contributed by atoms with E-state index in [1.165, 1.54) is 17.4 Å². The van der Waals surface area contributed by atoms with Crippen LogP contribution in [0.3, 0.4) is 0 Å². The van der Waals surface area contributed by atoms with Crippen LogP contribution in [0.15, 0.2) is 12.5 Å². The monoisotopic (exact) mass is 653 g/mol. The first kappa shape index (κ1) is 37.6. The number of aromatic amines is 1. The van der Waals surface area contributed by atoms with Crippen LogP contribution in [0.5, 0.6) is 0 Å². The van der Waals surface area contributed by atoms with Crippen molar-refractivity contribution in [2.45, 2.75) is 81.6 Å². The predicted molar refractivity (Wildman–Crippen MR) is 158 cm³/mol. The van der Waals surface area contributed by atoms with Crippen molar-refractivity contribution in [3.05, 3.63) is 18.2 Å². The number of nitrogens with two attached hydrogens (primary N) is 2. The number of aliphatic carboxylic acids is 2. The van der Waals surface area contributed by atoms with Crippen LogP contribution in [0.2, 0.25) is 0 Å². The maximum Gasteiger partial charge on any atom is 0.326 e. The second-order valence-electron chi connectivity index (χ2n) is 10.8. The first-order valence-corrected chi connectivity index (χ1v) is 14.8. The van der Waals surface area contributed by atoms with Crippen molar-refractivity contribution in [2.24, 2.45) is 11.5 Å². The summed E-state index contributed by atoms with van der Waals surface area (Å²) in [5.74, 6) is -6.28. The standard InChI is InChI=1S/C27H43N9O10/c28-8-2-1-4-17(27(45)46)33-21(38)12-31-23(41)19(13-37)35-24(42)18(10-15-11-30-14-32-15)34-25(43)20-5-3-9-36(20)26(44)16(29)6-7-22(39)40/h11,14,16-20,37H,1-10,12-13,28-29H2,(H,30,32)(H,31,41)(H,33,38)(H,34,43)(H,35,42)(H,39,40)(H,45,46)/t16-,17-,18-,19-,20-/m0/s1. The van der Waals surface area contributed by atoms with Crippen LogP contribution >= 0.6 is 0 Å². The van der Waals surface area contributed by atoms with Gasteiger partial charge in [0.15, 0.2) is 0 Å². The number of unbranched alkanes of at least 4 members (excludes halogenated alkanes) is 1. The Labute approximate surface area is 264 Å². The number of carbonyl (C=O) groups is 7. The lowest BCUT2D eigenvalue weighted by molar-refractivity contribution is -0.142. The number of H-pyrrole nitrogens is 1. The maximum atomic E-state index is 13.3. The van der Waals surface area contributed by atoms with Gasteiger partial charge < -0.3 is 57.9 Å². The Balaban J connectivity index is 2.04. The molecule has 46 heavy (non-hydrogen) atoms. The van der Waals surface area contributed by atoms with Gasteiger partial charge in [-0.05, 0) is 45.1 Å². The van der Waals surface area contributed by atoms with Gasteiger partial charge in [0, 0.05) is 31.3 Å². The van der Waals surface area contributed by atoms with Crippen LogP contribution in [-0.4, -0.2) is 128 Å². The van der Waals surface area contributed by atoms with Crippen LogP contribution in [0.25, 0.3) is 0 Å². The molecule has 1 fully saturated rings. The summed E-state index contributed by atoms with van der Waals surface area (Å²) in [5, 5.41) is 37.4. The zero-order valence-electron chi connectivity index (χ0n) is 25.3. The van der Waals surface area contributed by atoms with Crippen molar-refractivity contribution in [3.63, 3.8) is 0 Å². The Morgan fingerprint density at radius 2 is 1.74 bits per heavy atom. The summed E-state index contributed by atoms with van der Waals surface area (Å²) in [6.07, 6.45) is 4.10. The number of likely N-dealkylation sites (tertiary alicyclic amines) is 1. The molecule has 0 aliphatic carbocycles. The summed E-state index contributed by atoms with van der Waals surface area (Å²) in [5.41, 5.74) is 11.7. The number of imidazole rings is 1. The molecule has 256 valence electrons. The Kier molecular flexibility index (Phi) is 15.5. The fraction of sp³-hybridized carbons (Fsp3) is 0.630. The SMILES string of the molecule is NCCCC[C@H](NC(=O)CNC(=O)[C@H](CO)NC(=O)[C@H](Cc1cnc[nH]1)NC(=O)[C@@H]1CCCN1C(=O)[C@@H](N)CCC(=O)O)C(=O)O. The van der Waals surface area contributed by atoms with Gasteiger partial charge in [-0.1, -0.05) is 0 Å². The van der Waals surface area contributed by atoms with Gasteiger partial charge in [-0.2, -0.15) is 0 Å². The van der Waals surface area contributed by atoms with Crippen molar-refractivity contribution in [1.82, 2.24) is 36.1 Å². The highest BCUT2D eigenvalue weighted by atomic mass is 16.4. The number of carboxylic acid groups (broad SMARTS) is 2. The predicted octanol–water partition coefficient (Wildman–Crippen LogP) is -4.09. The molecule has 2 rings (SSSR count). The first-order chi connectivity index (χ1) is 21.9. The molecule has 0 radical (unpaired) electrons. The van der Waals surface area contributed by atoms with Crippen LogP contribution < -0.4 is 32.7 Å². The highest BCUT2D eigenvalue weighted by Crippen LogP contribution is 2.19. The third-order valence-corrected chi connectivity index (χ3v) is 7.26. The average Bonchev–Trinajstić information content (AvgIpc) is 3.72. The third kappa shape index (κ3) is 12.1. The van der Waals surface area contributed by atoms with Gasteiger partial charge in [0.25, 0.3) is 0 Å². The number of aromatic nitrogens is 2. The molecule has 1 aromatic heterocycles. The smallest absolute Gasteiger partial charge is 0.326 e. The van der Waals surface area contributed by atoms with Gasteiger partial charge >= 0.3 is 11.9 Å². The maximum absolute atomic E-state index is 13.3. The lowest BCUT2D eigenvalue weighted by atomic mass is 10.1. The fourth-order valence-corrected chi connectivity index (χ4v) is 4.76. The Morgan fingerprint density at radius 1 is 1.00 bits per heavy atom. The van der Waals surface area contributed by atoms with Crippen molar-refractivity contribution in [2.75, 3.05) is 26.2 Å². The minimum atomic E-state index is -1.54. The van der Waals surface area contributed by atoms with Crippen molar-refractivity contribution in [3.8, 4) is 0 Å². The van der Waals surface area contributed by atoms with E-state index in [9.17, 15) is 43.8 Å². The van der Waals surface area contributed by atoms with Crippen LogP contribution in [0, 0.1) is 0 Å². The lowest BCUT2D eigenvalue weighted by Gasteiger charge is -2.28. The number of amides is 5. The second kappa shape index (κ2) is 19.0. The van der Waals surface area contributed by atoms with Crippen LogP contribution in [-0.2, 0) is 40.0 Å². The van der Waals surface area contributed by atoms with E-state index in [1.807, 2.05) is 0 Å². The number of rotatable bonds is 20. The number of nitrogens with one attached hydrogen (secondary N) is 5. The van der Waals surface area contributed by atoms with Gasteiger partial charge in [-0.3, -0.25) is 28.8 Å². The highest BCUT2D eigenvalue weighted by Gasteiger charge is 2.38. The van der Waals surface area contributed by atoms with Gasteiger partial charge in [0.2, 0.25) is 29.5 Å². The van der Waals surface area contributed by atoms with E-state index in [0.717, 1.165) is 0 Å². The van der Waals surface area contributed by atoms with E-state index in [-0.39, 0.29) is 38.6 Å². The quantitative estimate of drug-likeness (QED) is 0.0599. The van der Waals surface area contributed by atoms with Crippen molar-refractivity contribution < 1.29 is 48.9 Å². The molecule has 0 aromatic carbocycles. The summed E-state index contributed by atoms with van der Waals surface area (Å²) >= 11 is 0. The van der Waals surface area contributed by atoms with E-state index in [2.05, 4.69) is 31.2 Å². The van der Waals surface area contributed by atoms with E-state index >= 15 is 0 Å². The van der Waals surface area contributed by atoms with Gasteiger partial charge in [-0.15, -0.1) is 0 Å². The molecule has 19 heteroatoms. The highest BCUT2D eigenvalue weighted by molar-refractivity contribution is 5.96. The Hall–Kier alpha value is -4.62. The lowest BCUT2D eigenvalue weighted by Crippen LogP contribution is -2.59. The normalized spacial score (nSPS) is 16.8. The van der Waals surface area contributed by atoms with E-state index in [0.29, 0.717) is 31.5 Å². The number of hydrogen-bond donors (Lipinski definition) is 10. The second-order valence-corrected chi connectivity index (χ2v) is 10.8. The molecule has 12 N–H and O–H groups in total. The number of aliphatic hydroxyl groups excluding tert-OH is 1. The number of aliphatic hydroxyl groups is 1. The van der Waals surface area contributed by atoms with E-state index in [1.54, 1.807) is 0 Å². The minimum absolute atomic E-state index is 0.112. The third-order valence-electron chi connectivity index (χ3n) is 7.26. The van der Waals surface area contributed by atoms with E-state index < -0.39 is 84.8 Å². The van der Waals surface area contributed by atoms with Crippen molar-refractivity contribution >= 4 is 41.5 Å². The summed E-state index contributed by atoms with van der Waals surface area (Å²) < 4.78 is 0. The largest absolute Gasteiger partial charge is 0.481 e. The van der Waals surface area contributed by atoms with Gasteiger partial charge in [-0.25, -0.2) is 9.78 Å². The molecule has 2 heterocycles. The van der Waals surface area contributed by atoms with Gasteiger partial charge in [0.1, 0.15) is 24.2 Å². The zero-order valence-corrected chi connectivity index (χ0v) is 25.3. The molecule has 5 atom stereocenters. The summed E-state index contributed by atoms with van der Waals surface area (Å²) in [6.45, 7) is -0.947. The molecule has 1 saturated heterocycles. The summed E-state index contributed by atoms with van der Waals surface area (Å²) in [6, 6.07) is -6.16. The average molecular weight is 654 g/mol. The Bertz CT molecular complexity index is 1210. The van der Waals surface area contributed by atoms with Crippen molar-refractivity contribution in [1.29, 1.82) is 0 Å². The summed E-state index contributed by atoms with van der Waals surface area (Å²) in [4.78, 5) is 94.6. The molecule has 0 spiro atoms. The van der Waals surface area contributed by atoms with Gasteiger partial charge in [0.05, 0.1) is 25.5 Å². The molecule has 0 unspecified atom stereocenters. The van der Waals surface area contributed by atoms with E-state index in [4.69, 9.17) is 16.6 Å². The molecule has 0 bridgehead atoms. The molecular weight excluding hydrogens is 610 g/mol. The minimum Gasteiger partial charge on any atom is -0.481 e. The molecule has 1 aliphatic heterocycles. The molecule has 1 aliphatic rings. The molecular formula is C27H43N9O10. The number of carboxylic acids is 2. The fourth-order valence-electron chi connectivity index (χ4n) is 4.76. The topological polar surface area (TPSA) is 312 Å². The zero-order chi connectivity index (χ0) is 34.2.